The molecule has 168 valence electrons. The van der Waals surface area contributed by atoms with Crippen LogP contribution in [0.2, 0.25) is 0 Å². The van der Waals surface area contributed by atoms with Gasteiger partial charge in [0.2, 0.25) is 0 Å². The Balaban J connectivity index is 2.39. The highest BCUT2D eigenvalue weighted by Gasteiger charge is 2.28. The smallest absolute Gasteiger partial charge is 0.338 e. The number of rotatable bonds is 7. The molecule has 0 saturated carbocycles. The zero-order valence-corrected chi connectivity index (χ0v) is 20.1. The van der Waals surface area contributed by atoms with Crippen molar-refractivity contribution in [2.24, 2.45) is 0 Å². The lowest BCUT2D eigenvalue weighted by molar-refractivity contribution is 0.0599. The van der Waals surface area contributed by atoms with Gasteiger partial charge in [-0.2, -0.15) is 0 Å². The number of benzene rings is 3. The third-order valence-electron chi connectivity index (χ3n) is 5.73. The summed E-state index contributed by atoms with van der Waals surface area (Å²) in [5, 5.41) is 0. The van der Waals surface area contributed by atoms with Gasteiger partial charge in [0, 0.05) is 65.3 Å². The molecule has 5 nitrogen and oxygen atoms in total. The minimum absolute atomic E-state index is 0.155. The summed E-state index contributed by atoms with van der Waals surface area (Å²) >= 11 is 0. The first-order chi connectivity index (χ1) is 15.3. The van der Waals surface area contributed by atoms with E-state index in [4.69, 9.17) is 4.74 Å². The van der Waals surface area contributed by atoms with Crippen LogP contribution in [0.3, 0.4) is 0 Å². The average molecular weight is 432 g/mol. The molecule has 3 rings (SSSR count). The van der Waals surface area contributed by atoms with Gasteiger partial charge in [0.15, 0.2) is 0 Å². The van der Waals surface area contributed by atoms with E-state index in [2.05, 4.69) is 58.3 Å². The summed E-state index contributed by atoms with van der Waals surface area (Å²) in [5.74, 6) is -0.490. The molecule has 0 heterocycles. The molecule has 0 saturated heterocycles. The zero-order valence-electron chi connectivity index (χ0n) is 20.1. The Morgan fingerprint density at radius 3 is 1.62 bits per heavy atom. The molecule has 5 heteroatoms. The molecular weight excluding hydrogens is 398 g/mol. The van der Waals surface area contributed by atoms with Crippen molar-refractivity contribution in [1.29, 1.82) is 0 Å². The molecule has 0 N–H and O–H groups in total. The van der Waals surface area contributed by atoms with Crippen molar-refractivity contribution in [3.8, 4) is 0 Å². The standard InChI is InChI=1S/C27H33N3O2/c1-28(2)19-16-17-20(23(18-19)27(31)32-7)26(21-12-8-10-14-24(21)29(3)4)22-13-9-11-15-25(22)30(5)6/h8-18,26H,1-7H3. The molecule has 0 bridgehead atoms. The summed E-state index contributed by atoms with van der Waals surface area (Å²) in [7, 11) is 13.6. The Labute approximate surface area is 191 Å². The van der Waals surface area contributed by atoms with Gasteiger partial charge < -0.3 is 19.4 Å². The summed E-state index contributed by atoms with van der Waals surface area (Å²) in [4.78, 5) is 19.2. The van der Waals surface area contributed by atoms with Gasteiger partial charge in [-0.25, -0.2) is 4.79 Å². The van der Waals surface area contributed by atoms with Crippen molar-refractivity contribution in [2.75, 3.05) is 64.1 Å². The van der Waals surface area contributed by atoms with Gasteiger partial charge >= 0.3 is 5.97 Å². The number of ether oxygens (including phenoxy) is 1. The highest BCUT2D eigenvalue weighted by molar-refractivity contribution is 5.93. The number of esters is 1. The zero-order chi connectivity index (χ0) is 23.4. The van der Waals surface area contributed by atoms with Gasteiger partial charge in [0.25, 0.3) is 0 Å². The Bertz CT molecular complexity index is 1040. The van der Waals surface area contributed by atoms with Crippen LogP contribution in [0.15, 0.2) is 66.7 Å². The fraction of sp³-hybridized carbons (Fsp3) is 0.296. The summed E-state index contributed by atoms with van der Waals surface area (Å²) in [5.41, 5.74) is 6.94. The second-order valence-corrected chi connectivity index (χ2v) is 8.50. The van der Waals surface area contributed by atoms with Crippen LogP contribution in [-0.4, -0.2) is 55.4 Å². The molecule has 0 fully saturated rings. The van der Waals surface area contributed by atoms with Crippen molar-refractivity contribution in [1.82, 2.24) is 0 Å². The number of hydrogen-bond acceptors (Lipinski definition) is 5. The van der Waals surface area contributed by atoms with Gasteiger partial charge in [-0.3, -0.25) is 0 Å². The van der Waals surface area contributed by atoms with E-state index in [9.17, 15) is 4.79 Å². The van der Waals surface area contributed by atoms with Gasteiger partial charge in [-0.1, -0.05) is 42.5 Å². The van der Waals surface area contributed by atoms with Crippen LogP contribution in [0.1, 0.15) is 33.0 Å². The Hall–Kier alpha value is -3.47. The minimum atomic E-state index is -0.335. The molecule has 3 aromatic rings. The maximum absolute atomic E-state index is 13.0. The lowest BCUT2D eigenvalue weighted by Gasteiger charge is -2.29. The molecule has 0 unspecified atom stereocenters. The number of para-hydroxylation sites is 2. The molecule has 0 atom stereocenters. The lowest BCUT2D eigenvalue weighted by atomic mass is 9.80. The number of nitrogens with zero attached hydrogens (tertiary/aromatic N) is 3. The van der Waals surface area contributed by atoms with E-state index < -0.39 is 0 Å². The van der Waals surface area contributed by atoms with E-state index >= 15 is 0 Å². The number of methoxy groups -OCH3 is 1. The first-order valence-electron chi connectivity index (χ1n) is 10.7. The molecule has 0 aliphatic carbocycles. The van der Waals surface area contributed by atoms with Gasteiger partial charge in [0.05, 0.1) is 12.7 Å². The highest BCUT2D eigenvalue weighted by atomic mass is 16.5. The average Bonchev–Trinajstić information content (AvgIpc) is 2.79. The van der Waals surface area contributed by atoms with E-state index in [-0.39, 0.29) is 11.9 Å². The largest absolute Gasteiger partial charge is 0.465 e. The van der Waals surface area contributed by atoms with Crippen molar-refractivity contribution in [2.45, 2.75) is 5.92 Å². The first-order valence-corrected chi connectivity index (χ1v) is 10.7. The lowest BCUT2D eigenvalue weighted by Crippen LogP contribution is -2.20. The maximum Gasteiger partial charge on any atom is 0.338 e. The number of anilines is 3. The highest BCUT2D eigenvalue weighted by Crippen LogP contribution is 2.42. The van der Waals surface area contributed by atoms with Crippen molar-refractivity contribution in [3.63, 3.8) is 0 Å². The second-order valence-electron chi connectivity index (χ2n) is 8.50. The molecule has 0 spiro atoms. The number of carbonyl (C=O) groups is 1. The van der Waals surface area contributed by atoms with E-state index in [1.165, 1.54) is 7.11 Å². The minimum Gasteiger partial charge on any atom is -0.465 e. The van der Waals surface area contributed by atoms with E-state index in [1.807, 2.05) is 65.4 Å². The quantitative estimate of drug-likeness (QED) is 0.395. The van der Waals surface area contributed by atoms with Crippen LogP contribution in [0.4, 0.5) is 17.1 Å². The van der Waals surface area contributed by atoms with Crippen LogP contribution in [0, 0.1) is 0 Å². The third-order valence-corrected chi connectivity index (χ3v) is 5.73. The summed E-state index contributed by atoms with van der Waals surface area (Å²) in [6.07, 6.45) is 0. The van der Waals surface area contributed by atoms with Crippen LogP contribution in [-0.2, 0) is 4.74 Å². The number of hydrogen-bond donors (Lipinski definition) is 0. The molecule has 0 aliphatic rings. The third kappa shape index (κ3) is 4.57. The predicted octanol–water partition coefficient (Wildman–Crippen LogP) is 4.85. The van der Waals surface area contributed by atoms with Crippen molar-refractivity contribution in [3.05, 3.63) is 89.0 Å². The maximum atomic E-state index is 13.0. The molecule has 3 aromatic carbocycles. The van der Waals surface area contributed by atoms with Crippen molar-refractivity contribution < 1.29 is 9.53 Å². The topological polar surface area (TPSA) is 36.0 Å². The normalized spacial score (nSPS) is 10.8. The van der Waals surface area contributed by atoms with Gasteiger partial charge in [0.1, 0.15) is 0 Å². The Kier molecular flexibility index (Phi) is 7.08. The monoisotopic (exact) mass is 431 g/mol. The molecule has 0 aromatic heterocycles. The van der Waals surface area contributed by atoms with Gasteiger partial charge in [-0.15, -0.1) is 0 Å². The fourth-order valence-electron chi connectivity index (χ4n) is 4.14. The summed E-state index contributed by atoms with van der Waals surface area (Å²) in [6.45, 7) is 0. The predicted molar refractivity (Wildman–Crippen MR) is 135 cm³/mol. The molecule has 0 radical (unpaired) electrons. The summed E-state index contributed by atoms with van der Waals surface area (Å²) in [6, 6.07) is 22.8. The fourth-order valence-corrected chi connectivity index (χ4v) is 4.14. The first kappa shape index (κ1) is 23.2. The second kappa shape index (κ2) is 9.77. The van der Waals surface area contributed by atoms with Crippen LogP contribution in [0.25, 0.3) is 0 Å². The SMILES string of the molecule is COC(=O)c1cc(N(C)C)ccc1C(c1ccccc1N(C)C)c1ccccc1N(C)C. The molecule has 0 amide bonds. The van der Waals surface area contributed by atoms with Crippen LogP contribution < -0.4 is 14.7 Å². The molecular formula is C27H33N3O2. The molecule has 32 heavy (non-hydrogen) atoms. The van der Waals surface area contributed by atoms with E-state index in [1.54, 1.807) is 0 Å². The van der Waals surface area contributed by atoms with Crippen molar-refractivity contribution >= 4 is 23.0 Å². The van der Waals surface area contributed by atoms with Crippen LogP contribution in [0.5, 0.6) is 0 Å². The Morgan fingerprint density at radius 1 is 0.688 bits per heavy atom. The van der Waals surface area contributed by atoms with Gasteiger partial charge in [-0.05, 0) is 41.0 Å². The molecule has 0 aliphatic heterocycles. The van der Waals surface area contributed by atoms with E-state index in [0.29, 0.717) is 5.56 Å². The Morgan fingerprint density at radius 2 is 1.19 bits per heavy atom. The summed E-state index contributed by atoms with van der Waals surface area (Å²) < 4.78 is 5.21. The van der Waals surface area contributed by atoms with Crippen LogP contribution >= 0.6 is 0 Å². The number of carbonyl (C=O) groups excluding carboxylic acids is 1. The van der Waals surface area contributed by atoms with E-state index in [0.717, 1.165) is 33.8 Å².